The molecule has 2 rings (SSSR count). The van der Waals surface area contributed by atoms with Crippen LogP contribution in [-0.2, 0) is 16.0 Å². The number of hydrogen-bond donors (Lipinski definition) is 0. The Morgan fingerprint density at radius 2 is 1.70 bits per heavy atom. The average molecular weight is 375 g/mol. The standard InChI is InChI=1S/C19H19BrO3/c1-23-19(22)16(8-7-14-5-3-2-4-6-14)13-18(21)15-9-11-17(20)12-10-15/h2-6,9-12,16H,7-8,13H2,1H3. The summed E-state index contributed by atoms with van der Waals surface area (Å²) in [4.78, 5) is 24.3. The maximum absolute atomic E-state index is 12.4. The normalized spacial score (nSPS) is 11.7. The molecule has 1 unspecified atom stereocenters. The lowest BCUT2D eigenvalue weighted by atomic mass is 9.92. The predicted molar refractivity (Wildman–Crippen MR) is 93.4 cm³/mol. The van der Waals surface area contributed by atoms with E-state index >= 15 is 0 Å². The molecule has 0 bridgehead atoms. The van der Waals surface area contributed by atoms with E-state index < -0.39 is 5.92 Å². The predicted octanol–water partition coefficient (Wildman–Crippen LogP) is 4.44. The average Bonchev–Trinajstić information content (AvgIpc) is 2.59. The number of carbonyl (C=O) groups is 2. The lowest BCUT2D eigenvalue weighted by Crippen LogP contribution is -2.20. The molecule has 120 valence electrons. The van der Waals surface area contributed by atoms with Crippen LogP contribution in [0.15, 0.2) is 59.1 Å². The van der Waals surface area contributed by atoms with E-state index in [1.165, 1.54) is 7.11 Å². The van der Waals surface area contributed by atoms with Crippen molar-refractivity contribution < 1.29 is 14.3 Å². The third kappa shape index (κ3) is 5.32. The van der Waals surface area contributed by atoms with Crippen LogP contribution < -0.4 is 0 Å². The van der Waals surface area contributed by atoms with E-state index in [2.05, 4.69) is 15.9 Å². The SMILES string of the molecule is COC(=O)C(CCc1ccccc1)CC(=O)c1ccc(Br)cc1. The second kappa shape index (κ2) is 8.63. The highest BCUT2D eigenvalue weighted by Gasteiger charge is 2.23. The topological polar surface area (TPSA) is 43.4 Å². The quantitative estimate of drug-likeness (QED) is 0.531. The molecule has 0 N–H and O–H groups in total. The second-order valence-electron chi connectivity index (χ2n) is 5.38. The van der Waals surface area contributed by atoms with E-state index in [1.807, 2.05) is 42.5 Å². The van der Waals surface area contributed by atoms with Gasteiger partial charge in [-0.15, -0.1) is 0 Å². The molecular formula is C19H19BrO3. The Kier molecular flexibility index (Phi) is 6.53. The molecule has 0 heterocycles. The summed E-state index contributed by atoms with van der Waals surface area (Å²) in [7, 11) is 1.36. The molecule has 2 aromatic carbocycles. The summed E-state index contributed by atoms with van der Waals surface area (Å²) >= 11 is 3.35. The summed E-state index contributed by atoms with van der Waals surface area (Å²) in [6.07, 6.45) is 1.51. The Bertz CT molecular complexity index is 650. The third-order valence-corrected chi connectivity index (χ3v) is 4.29. The van der Waals surface area contributed by atoms with Crippen LogP contribution in [0.4, 0.5) is 0 Å². The van der Waals surface area contributed by atoms with Gasteiger partial charge >= 0.3 is 5.97 Å². The van der Waals surface area contributed by atoms with Gasteiger partial charge in [0.15, 0.2) is 5.78 Å². The van der Waals surface area contributed by atoms with Crippen molar-refractivity contribution in [3.8, 4) is 0 Å². The van der Waals surface area contributed by atoms with Crippen LogP contribution in [0.1, 0.15) is 28.8 Å². The van der Waals surface area contributed by atoms with Gasteiger partial charge in [-0.3, -0.25) is 9.59 Å². The molecule has 23 heavy (non-hydrogen) atoms. The van der Waals surface area contributed by atoms with Gasteiger partial charge in [0.05, 0.1) is 13.0 Å². The molecule has 0 aliphatic rings. The van der Waals surface area contributed by atoms with Crippen LogP contribution in [0.3, 0.4) is 0 Å². The first-order chi connectivity index (χ1) is 11.1. The zero-order valence-corrected chi connectivity index (χ0v) is 14.6. The molecule has 0 spiro atoms. The Balaban J connectivity index is 2.02. The lowest BCUT2D eigenvalue weighted by molar-refractivity contribution is -0.145. The van der Waals surface area contributed by atoms with Crippen molar-refractivity contribution in [1.29, 1.82) is 0 Å². The van der Waals surface area contributed by atoms with Crippen molar-refractivity contribution in [3.05, 3.63) is 70.2 Å². The first kappa shape index (κ1) is 17.4. The minimum absolute atomic E-state index is 0.0408. The number of ether oxygens (including phenoxy) is 1. The van der Waals surface area contributed by atoms with Crippen LogP contribution in [0, 0.1) is 5.92 Å². The number of esters is 1. The summed E-state index contributed by atoms with van der Waals surface area (Å²) in [6, 6.07) is 17.1. The summed E-state index contributed by atoms with van der Waals surface area (Å²) in [5.74, 6) is -0.788. The van der Waals surface area contributed by atoms with E-state index in [4.69, 9.17) is 4.74 Å². The minimum atomic E-state index is -0.420. The van der Waals surface area contributed by atoms with Gasteiger partial charge in [-0.05, 0) is 30.5 Å². The van der Waals surface area contributed by atoms with Gasteiger partial charge in [0.1, 0.15) is 0 Å². The van der Waals surface area contributed by atoms with Crippen molar-refractivity contribution in [2.75, 3.05) is 7.11 Å². The van der Waals surface area contributed by atoms with E-state index in [0.29, 0.717) is 12.0 Å². The van der Waals surface area contributed by atoms with Gasteiger partial charge in [0.25, 0.3) is 0 Å². The van der Waals surface area contributed by atoms with E-state index in [1.54, 1.807) is 12.1 Å². The summed E-state index contributed by atoms with van der Waals surface area (Å²) in [5, 5.41) is 0. The van der Waals surface area contributed by atoms with E-state index in [-0.39, 0.29) is 18.2 Å². The van der Waals surface area contributed by atoms with E-state index in [9.17, 15) is 9.59 Å². The molecule has 0 aromatic heterocycles. The monoisotopic (exact) mass is 374 g/mol. The number of rotatable bonds is 7. The molecule has 0 radical (unpaired) electrons. The molecule has 3 nitrogen and oxygen atoms in total. The maximum atomic E-state index is 12.4. The molecular weight excluding hydrogens is 356 g/mol. The molecule has 0 aliphatic carbocycles. The van der Waals surface area contributed by atoms with Crippen molar-refractivity contribution in [2.24, 2.45) is 5.92 Å². The Morgan fingerprint density at radius 3 is 2.30 bits per heavy atom. The van der Waals surface area contributed by atoms with Gasteiger partial charge < -0.3 is 4.74 Å². The number of hydrogen-bond acceptors (Lipinski definition) is 3. The fourth-order valence-corrected chi connectivity index (χ4v) is 2.70. The van der Waals surface area contributed by atoms with Crippen molar-refractivity contribution >= 4 is 27.7 Å². The van der Waals surface area contributed by atoms with Crippen LogP contribution in [0.5, 0.6) is 0 Å². The largest absolute Gasteiger partial charge is 0.469 e. The number of ketones is 1. The summed E-state index contributed by atoms with van der Waals surface area (Å²) in [5.41, 5.74) is 1.76. The highest BCUT2D eigenvalue weighted by molar-refractivity contribution is 9.10. The highest BCUT2D eigenvalue weighted by Crippen LogP contribution is 2.19. The van der Waals surface area contributed by atoms with Crippen LogP contribution in [0.2, 0.25) is 0 Å². The molecule has 0 saturated heterocycles. The third-order valence-electron chi connectivity index (χ3n) is 3.76. The number of benzene rings is 2. The van der Waals surface area contributed by atoms with Crippen LogP contribution in [-0.4, -0.2) is 18.9 Å². The zero-order chi connectivity index (χ0) is 16.7. The fourth-order valence-electron chi connectivity index (χ4n) is 2.43. The van der Waals surface area contributed by atoms with Gasteiger partial charge in [-0.25, -0.2) is 0 Å². The number of Topliss-reactive ketones (excluding diaryl/α,β-unsaturated/α-hetero) is 1. The Hall–Kier alpha value is -1.94. The van der Waals surface area contributed by atoms with Crippen LogP contribution in [0.25, 0.3) is 0 Å². The van der Waals surface area contributed by atoms with Gasteiger partial charge in [-0.2, -0.15) is 0 Å². The second-order valence-corrected chi connectivity index (χ2v) is 6.29. The molecule has 0 fully saturated rings. The van der Waals surface area contributed by atoms with Crippen molar-refractivity contribution in [2.45, 2.75) is 19.3 Å². The molecule has 0 saturated carbocycles. The van der Waals surface area contributed by atoms with Gasteiger partial charge in [0, 0.05) is 16.5 Å². The van der Waals surface area contributed by atoms with Crippen LogP contribution >= 0.6 is 15.9 Å². The smallest absolute Gasteiger partial charge is 0.309 e. The molecule has 1 atom stereocenters. The molecule has 0 amide bonds. The first-order valence-electron chi connectivity index (χ1n) is 7.50. The lowest BCUT2D eigenvalue weighted by Gasteiger charge is -2.14. The molecule has 2 aromatic rings. The Morgan fingerprint density at radius 1 is 1.04 bits per heavy atom. The summed E-state index contributed by atoms with van der Waals surface area (Å²) in [6.45, 7) is 0. The minimum Gasteiger partial charge on any atom is -0.469 e. The maximum Gasteiger partial charge on any atom is 0.309 e. The fraction of sp³-hybridized carbons (Fsp3) is 0.263. The van der Waals surface area contributed by atoms with Crippen molar-refractivity contribution in [3.63, 3.8) is 0 Å². The summed E-state index contributed by atoms with van der Waals surface area (Å²) < 4.78 is 5.78. The zero-order valence-electron chi connectivity index (χ0n) is 13.0. The Labute approximate surface area is 144 Å². The number of aryl methyl sites for hydroxylation is 1. The number of carbonyl (C=O) groups excluding carboxylic acids is 2. The number of halogens is 1. The molecule has 0 aliphatic heterocycles. The number of methoxy groups -OCH3 is 1. The first-order valence-corrected chi connectivity index (χ1v) is 8.30. The highest BCUT2D eigenvalue weighted by atomic mass is 79.9. The molecule has 4 heteroatoms. The van der Waals surface area contributed by atoms with Gasteiger partial charge in [0.2, 0.25) is 0 Å². The van der Waals surface area contributed by atoms with Crippen molar-refractivity contribution in [1.82, 2.24) is 0 Å². The van der Waals surface area contributed by atoms with E-state index in [0.717, 1.165) is 16.5 Å². The van der Waals surface area contributed by atoms with Gasteiger partial charge in [-0.1, -0.05) is 58.4 Å².